The zero-order chi connectivity index (χ0) is 20.1. The standard InChI is InChI=1S/C19H23Cl2N3O3/c1-11(2)9-24-18(21)17(13(4)23-24)19(26)27-10-16(25)22-12(3)14-6-5-7-15(20)8-14/h5-8,11-12H,9-10H2,1-4H3,(H,22,25)/t12-/m1/s1. The SMILES string of the molecule is Cc1nn(CC(C)C)c(Cl)c1C(=O)OCC(=O)N[C@H](C)c1cccc(Cl)c1. The van der Waals surface area contributed by atoms with Crippen LogP contribution in [0.25, 0.3) is 0 Å². The molecule has 1 N–H and O–H groups in total. The molecule has 1 aromatic carbocycles. The number of nitrogens with one attached hydrogen (secondary N) is 1. The molecule has 2 aromatic rings. The molecule has 146 valence electrons. The third-order valence-corrected chi connectivity index (χ3v) is 4.49. The predicted octanol–water partition coefficient (Wildman–Crippen LogP) is 4.19. The minimum absolute atomic E-state index is 0.188. The summed E-state index contributed by atoms with van der Waals surface area (Å²) in [6, 6.07) is 6.92. The topological polar surface area (TPSA) is 73.2 Å². The van der Waals surface area contributed by atoms with Crippen LogP contribution in [0.15, 0.2) is 24.3 Å². The maximum Gasteiger partial charge on any atom is 0.343 e. The Balaban J connectivity index is 1.95. The second-order valence-corrected chi connectivity index (χ2v) is 7.54. The number of amides is 1. The number of rotatable bonds is 7. The van der Waals surface area contributed by atoms with Crippen LogP contribution < -0.4 is 5.32 Å². The zero-order valence-electron chi connectivity index (χ0n) is 15.8. The highest BCUT2D eigenvalue weighted by molar-refractivity contribution is 6.32. The number of carbonyl (C=O) groups is 2. The van der Waals surface area contributed by atoms with Gasteiger partial charge in [0.15, 0.2) is 6.61 Å². The minimum Gasteiger partial charge on any atom is -0.452 e. The Hall–Kier alpha value is -2.05. The van der Waals surface area contributed by atoms with Crippen molar-refractivity contribution in [3.05, 3.63) is 51.3 Å². The molecule has 0 bridgehead atoms. The van der Waals surface area contributed by atoms with Gasteiger partial charge in [0, 0.05) is 11.6 Å². The molecule has 0 unspecified atom stereocenters. The molecule has 0 saturated heterocycles. The third-order valence-electron chi connectivity index (χ3n) is 3.87. The molecule has 1 amide bonds. The lowest BCUT2D eigenvalue weighted by Crippen LogP contribution is -2.31. The number of hydrogen-bond acceptors (Lipinski definition) is 4. The Labute approximate surface area is 168 Å². The molecule has 0 spiro atoms. The molecule has 1 heterocycles. The molecular formula is C19H23Cl2N3O3. The lowest BCUT2D eigenvalue weighted by molar-refractivity contribution is -0.124. The molecule has 0 aliphatic carbocycles. The van der Waals surface area contributed by atoms with Crippen molar-refractivity contribution >= 4 is 35.1 Å². The van der Waals surface area contributed by atoms with Gasteiger partial charge in [0.25, 0.3) is 5.91 Å². The van der Waals surface area contributed by atoms with Crippen LogP contribution in [0.4, 0.5) is 0 Å². The van der Waals surface area contributed by atoms with Crippen LogP contribution in [-0.2, 0) is 16.1 Å². The maximum absolute atomic E-state index is 12.3. The number of nitrogens with zero attached hydrogens (tertiary/aromatic N) is 2. The van der Waals surface area contributed by atoms with Gasteiger partial charge in [-0.3, -0.25) is 9.48 Å². The molecule has 0 aliphatic rings. The molecule has 0 fully saturated rings. The molecule has 2 rings (SSSR count). The lowest BCUT2D eigenvalue weighted by Gasteiger charge is -2.14. The molecular weight excluding hydrogens is 389 g/mol. The number of benzene rings is 1. The molecule has 27 heavy (non-hydrogen) atoms. The van der Waals surface area contributed by atoms with E-state index in [2.05, 4.69) is 10.4 Å². The van der Waals surface area contributed by atoms with Gasteiger partial charge in [-0.25, -0.2) is 4.79 Å². The fraction of sp³-hybridized carbons (Fsp3) is 0.421. The summed E-state index contributed by atoms with van der Waals surface area (Å²) in [5, 5.41) is 7.84. The summed E-state index contributed by atoms with van der Waals surface area (Å²) in [5.41, 5.74) is 1.52. The number of aryl methyl sites for hydroxylation is 1. The quantitative estimate of drug-likeness (QED) is 0.693. The zero-order valence-corrected chi connectivity index (χ0v) is 17.3. The monoisotopic (exact) mass is 411 g/mol. The van der Waals surface area contributed by atoms with Crippen LogP contribution in [0.5, 0.6) is 0 Å². The Morgan fingerprint density at radius 2 is 1.96 bits per heavy atom. The summed E-state index contributed by atoms with van der Waals surface area (Å²) < 4.78 is 6.68. The summed E-state index contributed by atoms with van der Waals surface area (Å²) >= 11 is 12.2. The number of carbonyl (C=O) groups excluding carboxylic acids is 2. The fourth-order valence-electron chi connectivity index (χ4n) is 2.60. The molecule has 0 aliphatic heterocycles. The van der Waals surface area contributed by atoms with E-state index in [1.54, 1.807) is 29.8 Å². The lowest BCUT2D eigenvalue weighted by atomic mass is 10.1. The summed E-state index contributed by atoms with van der Waals surface area (Å²) in [7, 11) is 0. The van der Waals surface area contributed by atoms with Gasteiger partial charge in [0.2, 0.25) is 0 Å². The van der Waals surface area contributed by atoms with E-state index in [0.29, 0.717) is 23.2 Å². The minimum atomic E-state index is -0.668. The second kappa shape index (κ2) is 9.24. The summed E-state index contributed by atoms with van der Waals surface area (Å²) in [6.07, 6.45) is 0. The summed E-state index contributed by atoms with van der Waals surface area (Å²) in [4.78, 5) is 24.4. The predicted molar refractivity (Wildman–Crippen MR) is 105 cm³/mol. The first kappa shape index (κ1) is 21.3. The molecule has 0 radical (unpaired) electrons. The van der Waals surface area contributed by atoms with E-state index in [-0.39, 0.29) is 16.8 Å². The maximum atomic E-state index is 12.3. The van der Waals surface area contributed by atoms with Crippen LogP contribution in [0, 0.1) is 12.8 Å². The summed E-state index contributed by atoms with van der Waals surface area (Å²) in [6.45, 7) is 7.73. The van der Waals surface area contributed by atoms with Crippen molar-refractivity contribution in [2.24, 2.45) is 5.92 Å². The molecule has 1 aromatic heterocycles. The van der Waals surface area contributed by atoms with Crippen molar-refractivity contribution in [3.8, 4) is 0 Å². The van der Waals surface area contributed by atoms with Crippen LogP contribution in [-0.4, -0.2) is 28.3 Å². The van der Waals surface area contributed by atoms with Gasteiger partial charge < -0.3 is 10.1 Å². The third kappa shape index (κ3) is 5.71. The number of aromatic nitrogens is 2. The van der Waals surface area contributed by atoms with Crippen molar-refractivity contribution in [1.29, 1.82) is 0 Å². The molecule has 1 atom stereocenters. The van der Waals surface area contributed by atoms with Crippen LogP contribution in [0.3, 0.4) is 0 Å². The van der Waals surface area contributed by atoms with E-state index >= 15 is 0 Å². The first-order chi connectivity index (χ1) is 12.7. The molecule has 8 heteroatoms. The van der Waals surface area contributed by atoms with Crippen LogP contribution in [0.2, 0.25) is 10.2 Å². The first-order valence-corrected chi connectivity index (χ1v) is 9.39. The molecule has 6 nitrogen and oxygen atoms in total. The average Bonchev–Trinajstić information content (AvgIpc) is 2.85. The van der Waals surface area contributed by atoms with E-state index in [9.17, 15) is 9.59 Å². The smallest absolute Gasteiger partial charge is 0.343 e. The van der Waals surface area contributed by atoms with Gasteiger partial charge in [-0.05, 0) is 37.5 Å². The van der Waals surface area contributed by atoms with Gasteiger partial charge in [-0.2, -0.15) is 5.10 Å². The van der Waals surface area contributed by atoms with Crippen molar-refractivity contribution in [1.82, 2.24) is 15.1 Å². The van der Waals surface area contributed by atoms with E-state index in [1.807, 2.05) is 26.8 Å². The number of halogens is 2. The van der Waals surface area contributed by atoms with Crippen LogP contribution in [0.1, 0.15) is 48.4 Å². The van der Waals surface area contributed by atoms with E-state index in [1.165, 1.54) is 0 Å². The Morgan fingerprint density at radius 3 is 2.59 bits per heavy atom. The highest BCUT2D eigenvalue weighted by Gasteiger charge is 2.23. The van der Waals surface area contributed by atoms with Crippen molar-refractivity contribution in [2.45, 2.75) is 40.3 Å². The van der Waals surface area contributed by atoms with Crippen molar-refractivity contribution < 1.29 is 14.3 Å². The summed E-state index contributed by atoms with van der Waals surface area (Å²) in [5.74, 6) is -0.762. The highest BCUT2D eigenvalue weighted by Crippen LogP contribution is 2.22. The van der Waals surface area contributed by atoms with E-state index < -0.39 is 18.5 Å². The number of esters is 1. The average molecular weight is 412 g/mol. The highest BCUT2D eigenvalue weighted by atomic mass is 35.5. The van der Waals surface area contributed by atoms with Gasteiger partial charge in [-0.1, -0.05) is 49.2 Å². The van der Waals surface area contributed by atoms with Crippen molar-refractivity contribution in [3.63, 3.8) is 0 Å². The van der Waals surface area contributed by atoms with E-state index in [0.717, 1.165) is 5.56 Å². The Kier molecular flexibility index (Phi) is 7.27. The van der Waals surface area contributed by atoms with Gasteiger partial charge in [-0.15, -0.1) is 0 Å². The fourth-order valence-corrected chi connectivity index (χ4v) is 3.12. The van der Waals surface area contributed by atoms with Crippen molar-refractivity contribution in [2.75, 3.05) is 6.61 Å². The van der Waals surface area contributed by atoms with Gasteiger partial charge in [0.1, 0.15) is 10.7 Å². The Bertz CT molecular complexity index is 834. The Morgan fingerprint density at radius 1 is 1.26 bits per heavy atom. The second-order valence-electron chi connectivity index (χ2n) is 6.75. The molecule has 0 saturated carbocycles. The first-order valence-electron chi connectivity index (χ1n) is 8.64. The largest absolute Gasteiger partial charge is 0.452 e. The normalized spacial score (nSPS) is 12.1. The number of hydrogen-bond donors (Lipinski definition) is 1. The van der Waals surface area contributed by atoms with Gasteiger partial charge in [0.05, 0.1) is 11.7 Å². The van der Waals surface area contributed by atoms with Crippen LogP contribution >= 0.6 is 23.2 Å². The van der Waals surface area contributed by atoms with Gasteiger partial charge >= 0.3 is 5.97 Å². The van der Waals surface area contributed by atoms with E-state index in [4.69, 9.17) is 27.9 Å². The number of ether oxygens (including phenoxy) is 1.